The minimum atomic E-state index is -0.477. The highest BCUT2D eigenvalue weighted by atomic mass is 79.9. The number of rotatable bonds is 3. The van der Waals surface area contributed by atoms with E-state index in [1.54, 1.807) is 0 Å². The highest BCUT2D eigenvalue weighted by Gasteiger charge is 2.39. The second-order valence-electron chi connectivity index (χ2n) is 5.70. The largest absolute Gasteiger partial charge is 0.486 e. The van der Waals surface area contributed by atoms with Crippen molar-refractivity contribution in [2.75, 3.05) is 0 Å². The van der Waals surface area contributed by atoms with Gasteiger partial charge in [-0.1, -0.05) is 53.2 Å². The molecule has 21 heavy (non-hydrogen) atoms. The van der Waals surface area contributed by atoms with Crippen LogP contribution in [0.15, 0.2) is 53.0 Å². The van der Waals surface area contributed by atoms with Gasteiger partial charge in [-0.15, -0.1) is 0 Å². The van der Waals surface area contributed by atoms with Gasteiger partial charge in [-0.25, -0.2) is 0 Å². The molecule has 0 spiro atoms. The molecule has 2 atom stereocenters. The summed E-state index contributed by atoms with van der Waals surface area (Å²) in [6.07, 6.45) is 1.84. The Balaban J connectivity index is 1.92. The number of hydrogen-bond donors (Lipinski definition) is 1. The number of aliphatic hydroxyl groups is 1. The third kappa shape index (κ3) is 2.99. The van der Waals surface area contributed by atoms with Crippen molar-refractivity contribution in [3.05, 3.63) is 64.1 Å². The summed E-state index contributed by atoms with van der Waals surface area (Å²) in [6.45, 7) is 2.12. The topological polar surface area (TPSA) is 29.5 Å². The number of fused-ring (bicyclic) bond motifs is 1. The van der Waals surface area contributed by atoms with Crippen LogP contribution in [0.3, 0.4) is 0 Å². The predicted molar refractivity (Wildman–Crippen MR) is 87.5 cm³/mol. The lowest BCUT2D eigenvalue weighted by molar-refractivity contribution is -0.0168. The molecular weight excluding hydrogens is 328 g/mol. The quantitative estimate of drug-likeness (QED) is 0.875. The number of benzene rings is 2. The number of aliphatic hydroxyl groups excluding tert-OH is 1. The van der Waals surface area contributed by atoms with Crippen molar-refractivity contribution in [1.82, 2.24) is 0 Å². The van der Waals surface area contributed by atoms with Gasteiger partial charge in [-0.2, -0.15) is 0 Å². The molecule has 3 rings (SSSR count). The van der Waals surface area contributed by atoms with Crippen LogP contribution in [-0.4, -0.2) is 10.7 Å². The molecule has 1 unspecified atom stereocenters. The average molecular weight is 347 g/mol. The maximum Gasteiger partial charge on any atom is 0.126 e. The molecule has 0 saturated heterocycles. The van der Waals surface area contributed by atoms with E-state index in [0.717, 1.165) is 28.6 Å². The Kier molecular flexibility index (Phi) is 4.05. The van der Waals surface area contributed by atoms with E-state index in [4.69, 9.17) is 4.74 Å². The first-order chi connectivity index (χ1) is 10.1. The van der Waals surface area contributed by atoms with Crippen LogP contribution in [0, 0.1) is 0 Å². The predicted octanol–water partition coefficient (Wildman–Crippen LogP) is 4.66. The number of halogens is 1. The molecule has 0 fully saturated rings. The maximum atomic E-state index is 10.5. The van der Waals surface area contributed by atoms with E-state index in [0.29, 0.717) is 6.42 Å². The molecule has 1 N–H and O–H groups in total. The first kappa shape index (κ1) is 14.6. The van der Waals surface area contributed by atoms with Crippen LogP contribution in [0.1, 0.15) is 37.0 Å². The molecule has 1 aliphatic rings. The molecule has 110 valence electrons. The summed E-state index contributed by atoms with van der Waals surface area (Å²) in [6, 6.07) is 16.2. The van der Waals surface area contributed by atoms with Gasteiger partial charge < -0.3 is 9.84 Å². The summed E-state index contributed by atoms with van der Waals surface area (Å²) >= 11 is 3.45. The lowest BCUT2D eigenvalue weighted by Crippen LogP contribution is -2.42. The third-order valence-corrected chi connectivity index (χ3v) is 4.73. The molecule has 1 aliphatic heterocycles. The van der Waals surface area contributed by atoms with Gasteiger partial charge in [-0.05, 0) is 30.2 Å². The maximum absolute atomic E-state index is 10.5. The summed E-state index contributed by atoms with van der Waals surface area (Å²) in [5.74, 6) is 0.801. The number of ether oxygens (including phenoxy) is 1. The molecule has 0 aromatic heterocycles. The third-order valence-electron chi connectivity index (χ3n) is 4.24. The molecule has 0 saturated carbocycles. The molecule has 2 nitrogen and oxygen atoms in total. The molecule has 2 aromatic carbocycles. The molecule has 1 heterocycles. The number of hydrogen-bond acceptors (Lipinski definition) is 2. The Morgan fingerprint density at radius 1 is 1.24 bits per heavy atom. The second kappa shape index (κ2) is 5.82. The van der Waals surface area contributed by atoms with E-state index >= 15 is 0 Å². The molecule has 0 radical (unpaired) electrons. The zero-order valence-corrected chi connectivity index (χ0v) is 13.6. The normalized spacial score (nSPS) is 24.2. The molecular formula is C18H19BrO2. The van der Waals surface area contributed by atoms with Crippen LogP contribution in [-0.2, 0) is 6.42 Å². The van der Waals surface area contributed by atoms with Gasteiger partial charge in [-0.3, -0.25) is 0 Å². The van der Waals surface area contributed by atoms with Crippen LogP contribution in [0.2, 0.25) is 0 Å². The second-order valence-corrected chi connectivity index (χ2v) is 6.62. The van der Waals surface area contributed by atoms with E-state index in [2.05, 4.69) is 35.0 Å². The summed E-state index contributed by atoms with van der Waals surface area (Å²) in [5, 5.41) is 10.5. The van der Waals surface area contributed by atoms with Gasteiger partial charge >= 0.3 is 0 Å². The van der Waals surface area contributed by atoms with Crippen molar-refractivity contribution >= 4 is 15.9 Å². The fraction of sp³-hybridized carbons (Fsp3) is 0.333. The van der Waals surface area contributed by atoms with Crippen molar-refractivity contribution in [2.45, 2.75) is 37.9 Å². The van der Waals surface area contributed by atoms with Crippen LogP contribution in [0.5, 0.6) is 5.75 Å². The smallest absolute Gasteiger partial charge is 0.126 e. The summed E-state index contributed by atoms with van der Waals surface area (Å²) in [5.41, 5.74) is 1.79. The lowest BCUT2D eigenvalue weighted by Gasteiger charge is -2.40. The van der Waals surface area contributed by atoms with Crippen molar-refractivity contribution < 1.29 is 9.84 Å². The fourth-order valence-electron chi connectivity index (χ4n) is 3.03. The minimum Gasteiger partial charge on any atom is -0.486 e. The Bertz CT molecular complexity index is 626. The zero-order chi connectivity index (χ0) is 14.9. The highest BCUT2D eigenvalue weighted by Crippen LogP contribution is 2.43. The molecule has 3 heteroatoms. The SMILES string of the molecule is CCC1(Cc2ccccc2)C[C@H](O)c2cc(Br)ccc2O1. The highest BCUT2D eigenvalue weighted by molar-refractivity contribution is 9.10. The van der Waals surface area contributed by atoms with Crippen LogP contribution < -0.4 is 4.74 Å². The van der Waals surface area contributed by atoms with Crippen molar-refractivity contribution in [2.24, 2.45) is 0 Å². The standard InChI is InChI=1S/C18H19BrO2/c1-2-18(11-13-6-4-3-5-7-13)12-16(20)15-10-14(19)8-9-17(15)21-18/h3-10,16,20H,2,11-12H2,1H3/t16-,18?/m0/s1. The molecule has 0 bridgehead atoms. The van der Waals surface area contributed by atoms with Crippen molar-refractivity contribution in [1.29, 1.82) is 0 Å². The first-order valence-electron chi connectivity index (χ1n) is 7.32. The van der Waals surface area contributed by atoms with Gasteiger partial charge in [0.15, 0.2) is 0 Å². The Labute approximate surface area is 133 Å². The Hall–Kier alpha value is -1.32. The van der Waals surface area contributed by atoms with Crippen molar-refractivity contribution in [3.63, 3.8) is 0 Å². The van der Waals surface area contributed by atoms with E-state index < -0.39 is 6.10 Å². The fourth-order valence-corrected chi connectivity index (χ4v) is 3.41. The van der Waals surface area contributed by atoms with Crippen LogP contribution in [0.4, 0.5) is 0 Å². The van der Waals surface area contributed by atoms with Crippen LogP contribution in [0.25, 0.3) is 0 Å². The van der Waals surface area contributed by atoms with Gasteiger partial charge in [0, 0.05) is 22.9 Å². The van der Waals surface area contributed by atoms with Gasteiger partial charge in [0.1, 0.15) is 11.4 Å². The van der Waals surface area contributed by atoms with Crippen LogP contribution >= 0.6 is 15.9 Å². The van der Waals surface area contributed by atoms with E-state index in [-0.39, 0.29) is 5.60 Å². The Morgan fingerprint density at radius 3 is 2.71 bits per heavy atom. The molecule has 0 aliphatic carbocycles. The summed E-state index contributed by atoms with van der Waals surface area (Å²) in [4.78, 5) is 0. The average Bonchev–Trinajstić information content (AvgIpc) is 2.49. The van der Waals surface area contributed by atoms with E-state index in [1.165, 1.54) is 5.56 Å². The van der Waals surface area contributed by atoms with E-state index in [9.17, 15) is 5.11 Å². The molecule has 2 aromatic rings. The first-order valence-corrected chi connectivity index (χ1v) is 8.12. The van der Waals surface area contributed by atoms with E-state index in [1.807, 2.05) is 36.4 Å². The summed E-state index contributed by atoms with van der Waals surface area (Å²) < 4.78 is 7.29. The lowest BCUT2D eigenvalue weighted by atomic mass is 9.82. The van der Waals surface area contributed by atoms with Gasteiger partial charge in [0.25, 0.3) is 0 Å². The minimum absolute atomic E-state index is 0.332. The van der Waals surface area contributed by atoms with Gasteiger partial charge in [0.2, 0.25) is 0 Å². The van der Waals surface area contributed by atoms with Crippen molar-refractivity contribution in [3.8, 4) is 5.75 Å². The Morgan fingerprint density at radius 2 is 2.00 bits per heavy atom. The zero-order valence-electron chi connectivity index (χ0n) is 12.1. The molecule has 0 amide bonds. The van der Waals surface area contributed by atoms with Gasteiger partial charge in [0.05, 0.1) is 6.10 Å². The summed E-state index contributed by atoms with van der Waals surface area (Å²) in [7, 11) is 0. The monoisotopic (exact) mass is 346 g/mol.